The summed E-state index contributed by atoms with van der Waals surface area (Å²) in [5.74, 6) is 2.01. The van der Waals surface area contributed by atoms with Gasteiger partial charge in [0.15, 0.2) is 6.20 Å². The zero-order valence-electron chi connectivity index (χ0n) is 22.5. The van der Waals surface area contributed by atoms with E-state index in [2.05, 4.69) is 152 Å². The standard InChI is InChI=1S/C32H37N4/c1-22(2)25-14-10-15-26(23(3)4)30(25)36-21-20-34(6)32(36)29-17-11-16-28(35(29)7)31-27-13-9-8-12-24(27)18-19-33(31)5/h8-23H,1-7H3/q+3. The lowest BCUT2D eigenvalue weighted by atomic mass is 9.92. The summed E-state index contributed by atoms with van der Waals surface area (Å²) >= 11 is 0. The molecule has 0 aliphatic heterocycles. The van der Waals surface area contributed by atoms with Crippen molar-refractivity contribution in [1.29, 1.82) is 0 Å². The largest absolute Gasteiger partial charge is 0.359 e. The van der Waals surface area contributed by atoms with E-state index in [4.69, 9.17) is 0 Å². The van der Waals surface area contributed by atoms with Crippen molar-refractivity contribution >= 4 is 10.8 Å². The van der Waals surface area contributed by atoms with Crippen LogP contribution in [-0.2, 0) is 21.1 Å². The van der Waals surface area contributed by atoms with E-state index in [0.717, 1.165) is 5.82 Å². The highest BCUT2D eigenvalue weighted by molar-refractivity contribution is 5.91. The number of benzene rings is 2. The molecule has 0 saturated carbocycles. The molecule has 0 aliphatic rings. The van der Waals surface area contributed by atoms with Gasteiger partial charge in [-0.05, 0) is 29.4 Å². The number of aromatic nitrogens is 4. The van der Waals surface area contributed by atoms with Gasteiger partial charge in [0.1, 0.15) is 32.2 Å². The summed E-state index contributed by atoms with van der Waals surface area (Å²) in [5.41, 5.74) is 7.61. The highest BCUT2D eigenvalue weighted by Gasteiger charge is 2.33. The number of pyridine rings is 2. The average molecular weight is 478 g/mol. The molecule has 0 unspecified atom stereocenters. The first kappa shape index (κ1) is 23.9. The van der Waals surface area contributed by atoms with Crippen molar-refractivity contribution in [2.75, 3.05) is 0 Å². The molecule has 0 radical (unpaired) electrons. The first-order chi connectivity index (χ1) is 17.3. The van der Waals surface area contributed by atoms with Gasteiger partial charge in [0.05, 0.1) is 12.4 Å². The zero-order chi connectivity index (χ0) is 25.6. The van der Waals surface area contributed by atoms with Crippen LogP contribution in [0.2, 0.25) is 0 Å². The Balaban J connectivity index is 1.79. The summed E-state index contributed by atoms with van der Waals surface area (Å²) in [4.78, 5) is 0. The summed E-state index contributed by atoms with van der Waals surface area (Å²) in [6, 6.07) is 24.2. The van der Waals surface area contributed by atoms with Crippen LogP contribution >= 0.6 is 0 Å². The topological polar surface area (TPSA) is 16.6 Å². The van der Waals surface area contributed by atoms with E-state index in [0.29, 0.717) is 11.8 Å². The highest BCUT2D eigenvalue weighted by Crippen LogP contribution is 2.33. The number of imidazole rings is 1. The minimum Gasteiger partial charge on any atom is -0.227 e. The minimum atomic E-state index is 0.425. The van der Waals surface area contributed by atoms with Gasteiger partial charge in [-0.1, -0.05) is 64.1 Å². The molecule has 5 rings (SSSR count). The fourth-order valence-corrected chi connectivity index (χ4v) is 5.43. The maximum atomic E-state index is 2.40. The van der Waals surface area contributed by atoms with E-state index in [9.17, 15) is 0 Å². The molecule has 3 heterocycles. The van der Waals surface area contributed by atoms with Crippen molar-refractivity contribution in [1.82, 2.24) is 4.57 Å². The molecule has 5 aromatic rings. The molecule has 0 bridgehead atoms. The number of aryl methyl sites for hydroxylation is 2. The quantitative estimate of drug-likeness (QED) is 0.290. The van der Waals surface area contributed by atoms with Gasteiger partial charge < -0.3 is 0 Å². The van der Waals surface area contributed by atoms with Crippen molar-refractivity contribution in [3.63, 3.8) is 0 Å². The van der Waals surface area contributed by atoms with Crippen LogP contribution in [0.25, 0.3) is 39.4 Å². The first-order valence-electron chi connectivity index (χ1n) is 12.9. The smallest absolute Gasteiger partial charge is 0.227 e. The van der Waals surface area contributed by atoms with E-state index in [1.54, 1.807) is 0 Å². The Kier molecular flexibility index (Phi) is 6.21. The Morgan fingerprint density at radius 2 is 1.28 bits per heavy atom. The van der Waals surface area contributed by atoms with Gasteiger partial charge in [-0.15, -0.1) is 0 Å². The summed E-state index contributed by atoms with van der Waals surface area (Å²) in [5, 5.41) is 2.50. The Morgan fingerprint density at radius 3 is 1.97 bits per heavy atom. The lowest BCUT2D eigenvalue weighted by molar-refractivity contribution is -0.696. The number of nitrogens with zero attached hydrogens (tertiary/aromatic N) is 4. The second-order valence-electron chi connectivity index (χ2n) is 10.4. The van der Waals surface area contributed by atoms with Gasteiger partial charge in [0, 0.05) is 29.3 Å². The number of rotatable bonds is 5. The number of fused-ring (bicyclic) bond motifs is 1. The van der Waals surface area contributed by atoms with Crippen molar-refractivity contribution in [3.8, 4) is 28.6 Å². The lowest BCUT2D eigenvalue weighted by Gasteiger charge is -2.17. The first-order valence-corrected chi connectivity index (χ1v) is 12.9. The molecule has 0 spiro atoms. The molecule has 4 nitrogen and oxygen atoms in total. The molecule has 0 N–H and O–H groups in total. The molecule has 2 aromatic carbocycles. The summed E-state index contributed by atoms with van der Waals surface area (Å²) in [7, 11) is 6.45. The Hall–Kier alpha value is -3.79. The van der Waals surface area contributed by atoms with Gasteiger partial charge >= 0.3 is 5.82 Å². The normalized spacial score (nSPS) is 11.7. The third kappa shape index (κ3) is 3.91. The van der Waals surface area contributed by atoms with E-state index in [1.165, 1.54) is 44.7 Å². The number of hydrogen-bond donors (Lipinski definition) is 0. The molecule has 36 heavy (non-hydrogen) atoms. The summed E-state index contributed by atoms with van der Waals surface area (Å²) in [6.45, 7) is 9.14. The van der Waals surface area contributed by atoms with Crippen LogP contribution in [0.4, 0.5) is 0 Å². The fraction of sp³-hybridized carbons (Fsp3) is 0.281. The Bertz CT molecular complexity index is 1550. The van der Waals surface area contributed by atoms with E-state index in [-0.39, 0.29) is 0 Å². The zero-order valence-corrected chi connectivity index (χ0v) is 22.5. The molecule has 0 atom stereocenters. The number of para-hydroxylation sites is 1. The molecule has 0 saturated heterocycles. The number of hydrogen-bond acceptors (Lipinski definition) is 0. The van der Waals surface area contributed by atoms with Crippen LogP contribution in [0.1, 0.15) is 50.7 Å². The fourth-order valence-electron chi connectivity index (χ4n) is 5.43. The lowest BCUT2D eigenvalue weighted by Crippen LogP contribution is -2.43. The maximum Gasteiger partial charge on any atom is 0.359 e. The molecule has 0 fully saturated rings. The average Bonchev–Trinajstić information content (AvgIpc) is 3.24. The second-order valence-corrected chi connectivity index (χ2v) is 10.4. The van der Waals surface area contributed by atoms with Crippen LogP contribution in [0.15, 0.2) is 85.3 Å². The SMILES string of the molecule is CC(C)c1cccc(C(C)C)c1-n1cc[n+](C)c1-c1cccc(-c2c3ccccc3cc[n+]2C)[n+]1C. The summed E-state index contributed by atoms with van der Waals surface area (Å²) < 4.78 is 9.20. The van der Waals surface area contributed by atoms with Crippen molar-refractivity contribution in [2.24, 2.45) is 21.1 Å². The van der Waals surface area contributed by atoms with E-state index >= 15 is 0 Å². The van der Waals surface area contributed by atoms with Gasteiger partial charge in [-0.2, -0.15) is 13.7 Å². The van der Waals surface area contributed by atoms with E-state index in [1.807, 2.05) is 0 Å². The molecular formula is C32H37N4+3. The van der Waals surface area contributed by atoms with Crippen LogP contribution in [-0.4, -0.2) is 4.57 Å². The molecule has 0 amide bonds. The highest BCUT2D eigenvalue weighted by atomic mass is 15.2. The molecule has 3 aromatic heterocycles. The van der Waals surface area contributed by atoms with Gasteiger partial charge in [0.2, 0.25) is 0 Å². The van der Waals surface area contributed by atoms with Crippen molar-refractivity contribution in [3.05, 3.63) is 96.4 Å². The third-order valence-corrected chi connectivity index (χ3v) is 7.33. The van der Waals surface area contributed by atoms with Gasteiger partial charge in [0.25, 0.3) is 17.1 Å². The van der Waals surface area contributed by atoms with Crippen molar-refractivity contribution in [2.45, 2.75) is 39.5 Å². The van der Waals surface area contributed by atoms with Crippen LogP contribution in [0, 0.1) is 0 Å². The van der Waals surface area contributed by atoms with Crippen molar-refractivity contribution < 1.29 is 13.7 Å². The molecule has 182 valence electrons. The predicted molar refractivity (Wildman–Crippen MR) is 146 cm³/mol. The van der Waals surface area contributed by atoms with Crippen LogP contribution in [0.3, 0.4) is 0 Å². The minimum absolute atomic E-state index is 0.425. The Labute approximate surface area is 214 Å². The van der Waals surface area contributed by atoms with Gasteiger partial charge in [-0.3, -0.25) is 0 Å². The Morgan fingerprint density at radius 1 is 0.639 bits per heavy atom. The van der Waals surface area contributed by atoms with Crippen LogP contribution in [0.5, 0.6) is 0 Å². The molecule has 0 aliphatic carbocycles. The van der Waals surface area contributed by atoms with Crippen LogP contribution < -0.4 is 13.7 Å². The third-order valence-electron chi connectivity index (χ3n) is 7.33. The second kappa shape index (κ2) is 9.34. The monoisotopic (exact) mass is 477 g/mol. The van der Waals surface area contributed by atoms with E-state index < -0.39 is 0 Å². The molecular weight excluding hydrogens is 440 g/mol. The maximum absolute atomic E-state index is 2.40. The molecule has 4 heteroatoms. The predicted octanol–water partition coefficient (Wildman–Crippen LogP) is 5.68. The summed E-state index contributed by atoms with van der Waals surface area (Å²) in [6.07, 6.45) is 6.54. The van der Waals surface area contributed by atoms with Gasteiger partial charge in [-0.25, -0.2) is 4.57 Å².